The Morgan fingerprint density at radius 2 is 1.96 bits per heavy atom. The van der Waals surface area contributed by atoms with Crippen LogP contribution >= 0.6 is 0 Å². The highest BCUT2D eigenvalue weighted by atomic mass is 16.4. The number of hydrogen-bond donors (Lipinski definition) is 0. The molecule has 1 aromatic heterocycles. The van der Waals surface area contributed by atoms with Crippen LogP contribution in [0.25, 0.3) is 6.08 Å². The van der Waals surface area contributed by atoms with Crippen LogP contribution in [-0.2, 0) is 11.3 Å². The molecule has 0 N–H and O–H groups in total. The number of carbonyl (C=O) groups is 1. The zero-order chi connectivity index (χ0) is 17.8. The lowest BCUT2D eigenvalue weighted by Crippen LogP contribution is -2.47. The average Bonchev–Trinajstić information content (AvgIpc) is 2.91. The van der Waals surface area contributed by atoms with Crippen LogP contribution in [0.4, 0.5) is 0 Å². The molecular weight excluding hydrogens is 314 g/mol. The molecule has 2 heterocycles. The van der Waals surface area contributed by atoms with E-state index < -0.39 is 0 Å². The molecule has 0 aliphatic carbocycles. The maximum Gasteiger partial charge on any atom is 0.246 e. The van der Waals surface area contributed by atoms with Gasteiger partial charge in [-0.2, -0.15) is 0 Å². The van der Waals surface area contributed by atoms with E-state index in [1.54, 1.807) is 6.08 Å². The van der Waals surface area contributed by atoms with Crippen LogP contribution in [0.2, 0.25) is 0 Å². The van der Waals surface area contributed by atoms with Gasteiger partial charge in [0, 0.05) is 32.3 Å². The van der Waals surface area contributed by atoms with Gasteiger partial charge in [-0.3, -0.25) is 9.69 Å². The average molecular weight is 339 g/mol. The Kier molecular flexibility index (Phi) is 5.34. The zero-order valence-electron chi connectivity index (χ0n) is 15.2. The highest BCUT2D eigenvalue weighted by molar-refractivity contribution is 5.91. The molecule has 3 rings (SSSR count). The number of amides is 1. The van der Waals surface area contributed by atoms with E-state index in [0.29, 0.717) is 6.54 Å². The number of rotatable bonds is 4. The van der Waals surface area contributed by atoms with Crippen LogP contribution in [0.15, 0.2) is 34.8 Å². The molecule has 1 aliphatic heterocycles. The Balaban J connectivity index is 1.50. The number of benzene rings is 1. The molecule has 0 saturated carbocycles. The quantitative estimate of drug-likeness (QED) is 0.804. The Hall–Kier alpha value is -2.40. The van der Waals surface area contributed by atoms with Crippen molar-refractivity contribution < 1.29 is 9.21 Å². The SMILES string of the molecule is Cc1cccc(C=CC(=O)N2CCN(Cc3nc(C)c(C)o3)CC2)c1. The first-order valence-corrected chi connectivity index (χ1v) is 8.70. The predicted octanol–water partition coefficient (Wildman–Crippen LogP) is 2.96. The van der Waals surface area contributed by atoms with E-state index >= 15 is 0 Å². The van der Waals surface area contributed by atoms with E-state index in [-0.39, 0.29) is 5.91 Å². The minimum atomic E-state index is 0.0731. The monoisotopic (exact) mass is 339 g/mol. The van der Waals surface area contributed by atoms with E-state index in [4.69, 9.17) is 4.42 Å². The lowest BCUT2D eigenvalue weighted by atomic mass is 10.1. The molecule has 0 radical (unpaired) electrons. The molecule has 0 atom stereocenters. The third-order valence-corrected chi connectivity index (χ3v) is 4.58. The van der Waals surface area contributed by atoms with Gasteiger partial charge in [-0.25, -0.2) is 4.98 Å². The van der Waals surface area contributed by atoms with Crippen molar-refractivity contribution in [2.24, 2.45) is 0 Å². The van der Waals surface area contributed by atoms with E-state index in [9.17, 15) is 4.79 Å². The third-order valence-electron chi connectivity index (χ3n) is 4.58. The standard InChI is InChI=1S/C20H25N3O2/c1-15-5-4-6-18(13-15)7-8-20(24)23-11-9-22(10-12-23)14-19-21-16(2)17(3)25-19/h4-8,13H,9-12,14H2,1-3H3. The first-order valence-electron chi connectivity index (χ1n) is 8.70. The van der Waals surface area contributed by atoms with Gasteiger partial charge in [0.25, 0.3) is 0 Å². The summed E-state index contributed by atoms with van der Waals surface area (Å²) in [4.78, 5) is 21.0. The second-order valence-corrected chi connectivity index (χ2v) is 6.60. The van der Waals surface area contributed by atoms with Crippen LogP contribution in [0.3, 0.4) is 0 Å². The first-order chi connectivity index (χ1) is 12.0. The van der Waals surface area contributed by atoms with Crippen LogP contribution in [-0.4, -0.2) is 46.9 Å². The van der Waals surface area contributed by atoms with Crippen molar-refractivity contribution in [2.75, 3.05) is 26.2 Å². The summed E-state index contributed by atoms with van der Waals surface area (Å²) in [5.74, 6) is 1.71. The Labute approximate surface area is 149 Å². The molecule has 25 heavy (non-hydrogen) atoms. The largest absolute Gasteiger partial charge is 0.444 e. The van der Waals surface area contributed by atoms with Gasteiger partial charge < -0.3 is 9.32 Å². The molecule has 0 spiro atoms. The van der Waals surface area contributed by atoms with Crippen molar-refractivity contribution in [1.29, 1.82) is 0 Å². The van der Waals surface area contributed by atoms with Gasteiger partial charge in [0.15, 0.2) is 0 Å². The van der Waals surface area contributed by atoms with E-state index in [0.717, 1.165) is 49.1 Å². The summed E-state index contributed by atoms with van der Waals surface area (Å²) < 4.78 is 5.64. The lowest BCUT2D eigenvalue weighted by Gasteiger charge is -2.33. The van der Waals surface area contributed by atoms with Crippen molar-refractivity contribution in [3.8, 4) is 0 Å². The zero-order valence-corrected chi connectivity index (χ0v) is 15.2. The van der Waals surface area contributed by atoms with E-state index in [2.05, 4.69) is 28.9 Å². The number of carbonyl (C=O) groups excluding carboxylic acids is 1. The van der Waals surface area contributed by atoms with Gasteiger partial charge in [0.2, 0.25) is 11.8 Å². The molecule has 5 nitrogen and oxygen atoms in total. The number of piperazine rings is 1. The van der Waals surface area contributed by atoms with Gasteiger partial charge in [0.05, 0.1) is 12.2 Å². The smallest absolute Gasteiger partial charge is 0.246 e. The molecule has 1 saturated heterocycles. The third kappa shape index (κ3) is 4.57. The number of oxazole rings is 1. The molecule has 0 unspecified atom stereocenters. The van der Waals surface area contributed by atoms with E-state index in [1.807, 2.05) is 37.0 Å². The number of aryl methyl sites for hydroxylation is 3. The van der Waals surface area contributed by atoms with Crippen molar-refractivity contribution in [3.05, 3.63) is 58.8 Å². The van der Waals surface area contributed by atoms with Crippen molar-refractivity contribution in [1.82, 2.24) is 14.8 Å². The van der Waals surface area contributed by atoms with Gasteiger partial charge in [-0.15, -0.1) is 0 Å². The van der Waals surface area contributed by atoms with Crippen LogP contribution in [0.5, 0.6) is 0 Å². The topological polar surface area (TPSA) is 49.6 Å². The second-order valence-electron chi connectivity index (χ2n) is 6.60. The summed E-state index contributed by atoms with van der Waals surface area (Å²) in [5.41, 5.74) is 3.20. The minimum Gasteiger partial charge on any atom is -0.444 e. The van der Waals surface area contributed by atoms with Gasteiger partial charge in [0.1, 0.15) is 5.76 Å². The molecule has 1 amide bonds. The van der Waals surface area contributed by atoms with E-state index in [1.165, 1.54) is 5.56 Å². The van der Waals surface area contributed by atoms with Crippen LogP contribution in [0.1, 0.15) is 28.5 Å². The van der Waals surface area contributed by atoms with Gasteiger partial charge in [-0.05, 0) is 32.4 Å². The molecular formula is C20H25N3O2. The molecule has 1 aliphatic rings. The van der Waals surface area contributed by atoms with Gasteiger partial charge >= 0.3 is 0 Å². The summed E-state index contributed by atoms with van der Waals surface area (Å²) in [7, 11) is 0. The fraction of sp³-hybridized carbons (Fsp3) is 0.400. The molecule has 0 bridgehead atoms. The predicted molar refractivity (Wildman–Crippen MR) is 98.0 cm³/mol. The maximum atomic E-state index is 12.4. The summed E-state index contributed by atoms with van der Waals surface area (Å²) in [6, 6.07) is 8.14. The molecule has 1 fully saturated rings. The van der Waals surface area contributed by atoms with Crippen molar-refractivity contribution in [2.45, 2.75) is 27.3 Å². The maximum absolute atomic E-state index is 12.4. The van der Waals surface area contributed by atoms with Crippen molar-refractivity contribution in [3.63, 3.8) is 0 Å². The summed E-state index contributed by atoms with van der Waals surface area (Å²) in [5, 5.41) is 0. The number of hydrogen-bond acceptors (Lipinski definition) is 4. The minimum absolute atomic E-state index is 0.0731. The number of nitrogens with zero attached hydrogens (tertiary/aromatic N) is 3. The Bertz CT molecular complexity index is 751. The highest BCUT2D eigenvalue weighted by Crippen LogP contribution is 2.13. The molecule has 1 aromatic carbocycles. The summed E-state index contributed by atoms with van der Waals surface area (Å²) in [6.07, 6.45) is 3.56. The Morgan fingerprint density at radius 3 is 2.60 bits per heavy atom. The molecule has 132 valence electrons. The fourth-order valence-corrected chi connectivity index (χ4v) is 2.97. The molecule has 2 aromatic rings. The lowest BCUT2D eigenvalue weighted by molar-refractivity contribution is -0.127. The summed E-state index contributed by atoms with van der Waals surface area (Å²) in [6.45, 7) is 9.79. The van der Waals surface area contributed by atoms with Crippen molar-refractivity contribution >= 4 is 12.0 Å². The second kappa shape index (κ2) is 7.66. The number of aromatic nitrogens is 1. The first kappa shape index (κ1) is 17.4. The summed E-state index contributed by atoms with van der Waals surface area (Å²) >= 11 is 0. The van der Waals surface area contributed by atoms with Gasteiger partial charge in [-0.1, -0.05) is 29.8 Å². The normalized spacial score (nSPS) is 15.9. The fourth-order valence-electron chi connectivity index (χ4n) is 2.97. The highest BCUT2D eigenvalue weighted by Gasteiger charge is 2.21. The van der Waals surface area contributed by atoms with Crippen LogP contribution in [0, 0.1) is 20.8 Å². The Morgan fingerprint density at radius 1 is 1.20 bits per heavy atom. The van der Waals surface area contributed by atoms with Crippen LogP contribution < -0.4 is 0 Å². The molecule has 5 heteroatoms.